The second-order valence-electron chi connectivity index (χ2n) is 6.92. The van der Waals surface area contributed by atoms with E-state index in [-0.39, 0.29) is 22.9 Å². The molecule has 10 heteroatoms. The number of thiazole rings is 1. The fourth-order valence-corrected chi connectivity index (χ4v) is 3.72. The first kappa shape index (κ1) is 22.9. The number of aryl methyl sites for hydroxylation is 1. The second kappa shape index (κ2) is 10.5. The number of nitrogens with zero attached hydrogens (tertiary/aromatic N) is 2. The van der Waals surface area contributed by atoms with Gasteiger partial charge in [-0.25, -0.2) is 4.98 Å². The Kier molecular flexibility index (Phi) is 7.50. The summed E-state index contributed by atoms with van der Waals surface area (Å²) in [5.41, 5.74) is 2.64. The van der Waals surface area contributed by atoms with Gasteiger partial charge in [0.1, 0.15) is 0 Å². The van der Waals surface area contributed by atoms with Gasteiger partial charge in [-0.3, -0.25) is 25.0 Å². The highest BCUT2D eigenvalue weighted by atomic mass is 32.1. The van der Waals surface area contributed by atoms with Gasteiger partial charge in [-0.1, -0.05) is 24.3 Å². The lowest BCUT2D eigenvalue weighted by Gasteiger charge is -2.05. The summed E-state index contributed by atoms with van der Waals surface area (Å²) in [5.74, 6) is -0.440. The molecule has 0 fully saturated rings. The van der Waals surface area contributed by atoms with Gasteiger partial charge < -0.3 is 10.1 Å². The smallest absolute Gasteiger partial charge is 0.311 e. The van der Waals surface area contributed by atoms with Crippen molar-refractivity contribution in [2.24, 2.45) is 0 Å². The van der Waals surface area contributed by atoms with Crippen LogP contribution in [0.15, 0.2) is 47.8 Å². The van der Waals surface area contributed by atoms with E-state index in [1.807, 2.05) is 29.6 Å². The van der Waals surface area contributed by atoms with Crippen molar-refractivity contribution in [2.45, 2.75) is 19.8 Å². The highest BCUT2D eigenvalue weighted by molar-refractivity contribution is 7.14. The molecule has 3 aromatic rings. The monoisotopic (exact) mass is 454 g/mol. The molecule has 2 N–H and O–H groups in total. The van der Waals surface area contributed by atoms with Crippen LogP contribution in [0.5, 0.6) is 5.75 Å². The Morgan fingerprint density at radius 2 is 1.94 bits per heavy atom. The van der Waals surface area contributed by atoms with Gasteiger partial charge in [0.05, 0.1) is 17.7 Å². The van der Waals surface area contributed by atoms with Crippen molar-refractivity contribution in [1.29, 1.82) is 0 Å². The lowest BCUT2D eigenvalue weighted by Crippen LogP contribution is -2.21. The minimum absolute atomic E-state index is 0.0306. The molecule has 0 spiro atoms. The predicted octanol–water partition coefficient (Wildman–Crippen LogP) is 4.05. The second-order valence-corrected chi connectivity index (χ2v) is 7.78. The number of methoxy groups -OCH3 is 1. The molecule has 0 radical (unpaired) electrons. The van der Waals surface area contributed by atoms with E-state index in [4.69, 9.17) is 4.74 Å². The van der Waals surface area contributed by atoms with E-state index < -0.39 is 10.8 Å². The van der Waals surface area contributed by atoms with Crippen molar-refractivity contribution in [3.05, 3.63) is 69.1 Å². The Hall–Kier alpha value is -3.79. The van der Waals surface area contributed by atoms with Gasteiger partial charge in [0.25, 0.3) is 5.91 Å². The maximum absolute atomic E-state index is 12.5. The van der Waals surface area contributed by atoms with Crippen molar-refractivity contribution in [3.63, 3.8) is 0 Å². The molecule has 0 atom stereocenters. The van der Waals surface area contributed by atoms with Crippen molar-refractivity contribution in [2.75, 3.05) is 19.0 Å². The highest BCUT2D eigenvalue weighted by Gasteiger charge is 2.19. The zero-order chi connectivity index (χ0) is 23.1. The summed E-state index contributed by atoms with van der Waals surface area (Å²) in [6, 6.07) is 12.0. The van der Waals surface area contributed by atoms with Gasteiger partial charge in [-0.05, 0) is 30.5 Å². The summed E-state index contributed by atoms with van der Waals surface area (Å²) in [6.45, 7) is 2.14. The molecule has 0 bridgehead atoms. The van der Waals surface area contributed by atoms with Crippen LogP contribution < -0.4 is 15.4 Å². The number of carbonyl (C=O) groups is 2. The molecule has 2 aromatic carbocycles. The minimum Gasteiger partial charge on any atom is -0.490 e. The summed E-state index contributed by atoms with van der Waals surface area (Å²) in [7, 11) is 1.33. The Morgan fingerprint density at radius 3 is 2.59 bits per heavy atom. The van der Waals surface area contributed by atoms with Crippen LogP contribution in [0.4, 0.5) is 10.8 Å². The average Bonchev–Trinajstić information content (AvgIpc) is 3.24. The third kappa shape index (κ3) is 5.88. The summed E-state index contributed by atoms with van der Waals surface area (Å²) in [4.78, 5) is 38.4. The molecule has 0 aliphatic heterocycles. The zero-order valence-corrected chi connectivity index (χ0v) is 18.4. The first-order chi connectivity index (χ1) is 15.4. The van der Waals surface area contributed by atoms with E-state index in [9.17, 15) is 19.7 Å². The van der Waals surface area contributed by atoms with Crippen LogP contribution in [0.2, 0.25) is 0 Å². The summed E-state index contributed by atoms with van der Waals surface area (Å²) in [6.07, 6.45) is 1.71. The van der Waals surface area contributed by atoms with E-state index in [0.717, 1.165) is 29.7 Å². The first-order valence-electron chi connectivity index (χ1n) is 9.80. The quantitative estimate of drug-likeness (QED) is 0.286. The third-order valence-electron chi connectivity index (χ3n) is 4.63. The molecular formula is C22H22N4O5S. The molecule has 3 rings (SSSR count). The normalized spacial score (nSPS) is 10.4. The molecule has 0 unspecified atom stereocenters. The predicted molar refractivity (Wildman–Crippen MR) is 122 cm³/mol. The lowest BCUT2D eigenvalue weighted by atomic mass is 10.1. The number of rotatable bonds is 9. The van der Waals surface area contributed by atoms with Gasteiger partial charge in [0, 0.05) is 36.0 Å². The molecule has 166 valence electrons. The van der Waals surface area contributed by atoms with E-state index in [2.05, 4.69) is 15.6 Å². The summed E-state index contributed by atoms with van der Waals surface area (Å²) < 4.78 is 4.96. The maximum atomic E-state index is 12.5. The third-order valence-corrected chi connectivity index (χ3v) is 5.39. The Balaban J connectivity index is 1.63. The Morgan fingerprint density at radius 1 is 1.19 bits per heavy atom. The van der Waals surface area contributed by atoms with Crippen LogP contribution >= 0.6 is 11.3 Å². The number of carbonyl (C=O) groups excluding carboxylic acids is 2. The number of ether oxygens (including phenoxy) is 1. The molecule has 1 heterocycles. The minimum atomic E-state index is -0.597. The summed E-state index contributed by atoms with van der Waals surface area (Å²) in [5, 5.41) is 18.8. The molecule has 0 saturated heterocycles. The SMILES string of the molecule is COc1ccc(C(=O)Nc2nc(-c3ccc(CCCNC(C)=O)cc3)cs2)cc1[N+](=O)[O-]. The van der Waals surface area contributed by atoms with Crippen molar-refractivity contribution < 1.29 is 19.2 Å². The number of anilines is 1. The number of nitro groups is 1. The molecule has 2 amide bonds. The van der Waals surface area contributed by atoms with Crippen LogP contribution in [0.3, 0.4) is 0 Å². The van der Waals surface area contributed by atoms with Gasteiger partial charge in [-0.15, -0.1) is 11.3 Å². The van der Waals surface area contributed by atoms with Crippen molar-refractivity contribution >= 4 is 34.0 Å². The largest absolute Gasteiger partial charge is 0.490 e. The number of hydrogen-bond acceptors (Lipinski definition) is 7. The fourth-order valence-electron chi connectivity index (χ4n) is 3.01. The molecule has 1 aromatic heterocycles. The molecule has 0 aliphatic rings. The number of nitro benzene ring substituents is 1. The van der Waals surface area contributed by atoms with Crippen LogP contribution in [0, 0.1) is 10.1 Å². The van der Waals surface area contributed by atoms with Crippen molar-refractivity contribution in [1.82, 2.24) is 10.3 Å². The molecule has 0 saturated carbocycles. The van der Waals surface area contributed by atoms with Crippen molar-refractivity contribution in [3.8, 4) is 17.0 Å². The van der Waals surface area contributed by atoms with Gasteiger partial charge in [-0.2, -0.15) is 0 Å². The number of nitrogens with one attached hydrogen (secondary N) is 2. The van der Waals surface area contributed by atoms with Gasteiger partial charge >= 0.3 is 5.69 Å². The summed E-state index contributed by atoms with van der Waals surface area (Å²) >= 11 is 1.27. The molecule has 32 heavy (non-hydrogen) atoms. The number of amides is 2. The van der Waals surface area contributed by atoms with Gasteiger partial charge in [0.2, 0.25) is 5.91 Å². The van der Waals surface area contributed by atoms with E-state index in [1.165, 1.54) is 43.6 Å². The maximum Gasteiger partial charge on any atom is 0.311 e. The Bertz CT molecular complexity index is 1130. The van der Waals surface area contributed by atoms with Crippen LogP contribution in [-0.2, 0) is 11.2 Å². The topological polar surface area (TPSA) is 123 Å². The molecular weight excluding hydrogens is 432 g/mol. The van der Waals surface area contributed by atoms with E-state index >= 15 is 0 Å². The molecule has 0 aliphatic carbocycles. The van der Waals surface area contributed by atoms with Gasteiger partial charge in [0.15, 0.2) is 10.9 Å². The number of benzene rings is 2. The highest BCUT2D eigenvalue weighted by Crippen LogP contribution is 2.29. The fraction of sp³-hybridized carbons (Fsp3) is 0.227. The molecule has 9 nitrogen and oxygen atoms in total. The van der Waals surface area contributed by atoms with Crippen LogP contribution in [0.25, 0.3) is 11.3 Å². The lowest BCUT2D eigenvalue weighted by molar-refractivity contribution is -0.385. The van der Waals surface area contributed by atoms with Crippen LogP contribution in [-0.4, -0.2) is 35.4 Å². The Labute approximate surface area is 188 Å². The zero-order valence-electron chi connectivity index (χ0n) is 17.6. The number of hydrogen-bond donors (Lipinski definition) is 2. The standard InChI is InChI=1S/C22H22N4O5S/c1-14(27)23-11-3-4-15-5-7-16(8-6-15)18-13-32-22(24-18)25-21(28)17-9-10-20(31-2)19(12-17)26(29)30/h5-10,12-13H,3-4,11H2,1-2H3,(H,23,27)(H,24,25,28). The number of aromatic nitrogens is 1. The average molecular weight is 455 g/mol. The van der Waals surface area contributed by atoms with E-state index in [1.54, 1.807) is 0 Å². The first-order valence-corrected chi connectivity index (χ1v) is 10.7. The van der Waals surface area contributed by atoms with E-state index in [0.29, 0.717) is 11.7 Å². The van der Waals surface area contributed by atoms with Crippen LogP contribution in [0.1, 0.15) is 29.3 Å².